The lowest BCUT2D eigenvalue weighted by atomic mass is 9.86. The fourth-order valence-electron chi connectivity index (χ4n) is 4.65. The van der Waals surface area contributed by atoms with E-state index in [9.17, 15) is 8.42 Å². The van der Waals surface area contributed by atoms with Crippen LogP contribution in [0.4, 0.5) is 5.69 Å². The minimum absolute atomic E-state index is 0.375. The van der Waals surface area contributed by atoms with E-state index in [4.69, 9.17) is 20.8 Å². The Morgan fingerprint density at radius 2 is 1.76 bits per heavy atom. The second kappa shape index (κ2) is 9.57. The largest absolute Gasteiger partial charge is 0.497 e. The Kier molecular flexibility index (Phi) is 6.43. The Labute approximate surface area is 219 Å². The molecular weight excluding hydrogens is 512 g/mol. The molecule has 3 aromatic carbocycles. The second-order valence-corrected chi connectivity index (χ2v) is 10.8. The Balaban J connectivity index is 1.72. The number of fused-ring (bicyclic) bond motifs is 1. The Morgan fingerprint density at radius 1 is 1.03 bits per heavy atom. The molecule has 1 unspecified atom stereocenters. The maximum atomic E-state index is 12.0. The van der Waals surface area contributed by atoms with Crippen molar-refractivity contribution in [1.29, 1.82) is 0 Å². The Bertz CT molecular complexity index is 1660. The van der Waals surface area contributed by atoms with Gasteiger partial charge in [-0.05, 0) is 66.6 Å². The number of methoxy groups -OCH3 is 1. The third kappa shape index (κ3) is 4.56. The number of anilines is 1. The average Bonchev–Trinajstić information content (AvgIpc) is 3.55. The van der Waals surface area contributed by atoms with Gasteiger partial charge in [0.2, 0.25) is 21.8 Å². The summed E-state index contributed by atoms with van der Waals surface area (Å²) in [6, 6.07) is 22.3. The summed E-state index contributed by atoms with van der Waals surface area (Å²) in [5, 5.41) is 10.2. The van der Waals surface area contributed by atoms with Crippen LogP contribution in [0.25, 0.3) is 22.4 Å². The molecule has 190 valence electrons. The minimum Gasteiger partial charge on any atom is -0.497 e. The lowest BCUT2D eigenvalue weighted by Gasteiger charge is -2.33. The summed E-state index contributed by atoms with van der Waals surface area (Å²) < 4.78 is 40.2. The molecule has 10 heteroatoms. The van der Waals surface area contributed by atoms with Crippen LogP contribution in [0.3, 0.4) is 0 Å². The Morgan fingerprint density at radius 3 is 2.41 bits per heavy atom. The van der Waals surface area contributed by atoms with Crippen LogP contribution < -0.4 is 9.46 Å². The topological polar surface area (TPSA) is 99.2 Å². The van der Waals surface area contributed by atoms with Gasteiger partial charge in [0.15, 0.2) is 0 Å². The molecular formula is C27H25ClN4O4S. The smallest absolute Gasteiger partial charge is 0.247 e. The minimum atomic E-state index is -3.47. The summed E-state index contributed by atoms with van der Waals surface area (Å²) in [4.78, 5) is 0. The normalized spacial score (nSPS) is 13.4. The first kappa shape index (κ1) is 24.9. The monoisotopic (exact) mass is 536 g/mol. The predicted molar refractivity (Wildman–Crippen MR) is 145 cm³/mol. The lowest BCUT2D eigenvalue weighted by molar-refractivity contribution is 0.325. The van der Waals surface area contributed by atoms with Gasteiger partial charge in [-0.3, -0.25) is 4.72 Å². The fraction of sp³-hybridized carbons (Fsp3) is 0.185. The van der Waals surface area contributed by atoms with Gasteiger partial charge in [0.1, 0.15) is 11.3 Å². The third-order valence-electron chi connectivity index (χ3n) is 6.39. The maximum Gasteiger partial charge on any atom is 0.247 e. The van der Waals surface area contributed by atoms with Crippen molar-refractivity contribution in [3.05, 3.63) is 95.5 Å². The van der Waals surface area contributed by atoms with Gasteiger partial charge in [0, 0.05) is 22.2 Å². The van der Waals surface area contributed by atoms with E-state index in [1.54, 1.807) is 13.2 Å². The number of halogens is 1. The van der Waals surface area contributed by atoms with Crippen LogP contribution in [-0.2, 0) is 15.6 Å². The molecule has 0 aliphatic rings. The third-order valence-corrected chi connectivity index (χ3v) is 7.23. The second-order valence-electron chi connectivity index (χ2n) is 8.66. The Hall–Kier alpha value is -3.82. The lowest BCUT2D eigenvalue weighted by Crippen LogP contribution is -2.35. The predicted octanol–water partition coefficient (Wildman–Crippen LogP) is 5.93. The zero-order valence-electron chi connectivity index (χ0n) is 20.5. The van der Waals surface area contributed by atoms with Crippen LogP contribution in [0.1, 0.15) is 24.8 Å². The van der Waals surface area contributed by atoms with Gasteiger partial charge < -0.3 is 13.7 Å². The SMILES string of the molecule is CCC(c1ccc(Cl)cc1)(c1nnc(-c2ccc(OC)cc2)o1)n1ccc2c(NS(C)(=O)=O)cccc21. The van der Waals surface area contributed by atoms with E-state index in [2.05, 4.69) is 14.9 Å². The van der Waals surface area contributed by atoms with Crippen LogP contribution >= 0.6 is 11.6 Å². The fourth-order valence-corrected chi connectivity index (χ4v) is 5.35. The molecule has 2 heterocycles. The standard InChI is InChI=1S/C27H25ClN4O4S/c1-4-27(19-10-12-20(28)13-11-19,26-30-29-25(36-26)18-8-14-21(35-2)15-9-18)32-17-16-22-23(31-37(3,33)34)6-5-7-24(22)32/h5-17,31H,4H2,1-3H3. The maximum absolute atomic E-state index is 12.0. The van der Waals surface area contributed by atoms with Crippen molar-refractivity contribution < 1.29 is 17.6 Å². The molecule has 2 aromatic heterocycles. The van der Waals surface area contributed by atoms with Crippen molar-refractivity contribution in [2.45, 2.75) is 18.9 Å². The van der Waals surface area contributed by atoms with Crippen molar-refractivity contribution >= 4 is 38.2 Å². The molecule has 8 nitrogen and oxygen atoms in total. The van der Waals surface area contributed by atoms with Crippen LogP contribution in [0.5, 0.6) is 5.75 Å². The quantitative estimate of drug-likeness (QED) is 0.264. The van der Waals surface area contributed by atoms with E-state index in [1.807, 2.05) is 84.4 Å². The molecule has 0 radical (unpaired) electrons. The molecule has 1 atom stereocenters. The van der Waals surface area contributed by atoms with Crippen LogP contribution in [0.2, 0.25) is 5.02 Å². The summed E-state index contributed by atoms with van der Waals surface area (Å²) in [5.41, 5.74) is 2.05. The molecule has 0 saturated heterocycles. The molecule has 5 rings (SSSR count). The van der Waals surface area contributed by atoms with Crippen molar-refractivity contribution in [3.63, 3.8) is 0 Å². The number of rotatable bonds is 8. The number of ether oxygens (including phenoxy) is 1. The first-order valence-electron chi connectivity index (χ1n) is 11.6. The highest BCUT2D eigenvalue weighted by Crippen LogP contribution is 2.41. The van der Waals surface area contributed by atoms with Gasteiger partial charge in [0.05, 0.1) is 24.6 Å². The average molecular weight is 537 g/mol. The molecule has 0 fully saturated rings. The van der Waals surface area contributed by atoms with Gasteiger partial charge in [-0.25, -0.2) is 8.42 Å². The van der Waals surface area contributed by atoms with E-state index in [-0.39, 0.29) is 0 Å². The van der Waals surface area contributed by atoms with E-state index in [0.717, 1.165) is 34.0 Å². The molecule has 0 saturated carbocycles. The molecule has 0 aliphatic heterocycles. The van der Waals surface area contributed by atoms with Crippen molar-refractivity contribution in [3.8, 4) is 17.2 Å². The number of aromatic nitrogens is 3. The molecule has 0 spiro atoms. The van der Waals surface area contributed by atoms with E-state index in [1.165, 1.54) is 0 Å². The van der Waals surface area contributed by atoms with Gasteiger partial charge >= 0.3 is 0 Å². The van der Waals surface area contributed by atoms with Gasteiger partial charge in [0.25, 0.3) is 0 Å². The zero-order chi connectivity index (χ0) is 26.2. The highest BCUT2D eigenvalue weighted by atomic mass is 35.5. The van der Waals surface area contributed by atoms with Crippen molar-refractivity contribution in [1.82, 2.24) is 14.8 Å². The van der Waals surface area contributed by atoms with Gasteiger partial charge in [-0.2, -0.15) is 0 Å². The number of hydrogen-bond donors (Lipinski definition) is 1. The molecule has 1 N–H and O–H groups in total. The zero-order valence-corrected chi connectivity index (χ0v) is 22.0. The first-order chi connectivity index (χ1) is 17.7. The number of nitrogens with one attached hydrogen (secondary N) is 1. The molecule has 0 amide bonds. The van der Waals surface area contributed by atoms with Crippen LogP contribution in [-0.4, -0.2) is 36.5 Å². The van der Waals surface area contributed by atoms with E-state index >= 15 is 0 Å². The summed E-state index contributed by atoms with van der Waals surface area (Å²) in [6.07, 6.45) is 3.60. The van der Waals surface area contributed by atoms with Crippen molar-refractivity contribution in [2.75, 3.05) is 18.1 Å². The molecule has 5 aromatic rings. The summed E-state index contributed by atoms with van der Waals surface area (Å²) in [5.74, 6) is 1.49. The molecule has 0 aliphatic carbocycles. The van der Waals surface area contributed by atoms with Crippen LogP contribution in [0.15, 0.2) is 83.4 Å². The summed E-state index contributed by atoms with van der Waals surface area (Å²) >= 11 is 6.23. The van der Waals surface area contributed by atoms with Crippen LogP contribution in [0, 0.1) is 0 Å². The highest BCUT2D eigenvalue weighted by molar-refractivity contribution is 7.92. The number of nitrogens with zero attached hydrogens (tertiary/aromatic N) is 3. The highest BCUT2D eigenvalue weighted by Gasteiger charge is 2.41. The molecule has 37 heavy (non-hydrogen) atoms. The first-order valence-corrected chi connectivity index (χ1v) is 13.8. The van der Waals surface area contributed by atoms with Gasteiger partial charge in [-0.15, -0.1) is 10.2 Å². The number of hydrogen-bond acceptors (Lipinski definition) is 6. The van der Waals surface area contributed by atoms with Gasteiger partial charge in [-0.1, -0.05) is 36.7 Å². The number of sulfonamides is 1. The van der Waals surface area contributed by atoms with E-state index < -0.39 is 15.6 Å². The molecule has 0 bridgehead atoms. The summed E-state index contributed by atoms with van der Waals surface area (Å²) in [6.45, 7) is 2.04. The summed E-state index contributed by atoms with van der Waals surface area (Å²) in [7, 11) is -1.85. The van der Waals surface area contributed by atoms with E-state index in [0.29, 0.717) is 28.9 Å². The van der Waals surface area contributed by atoms with Crippen molar-refractivity contribution in [2.24, 2.45) is 0 Å². The number of benzene rings is 3.